The highest BCUT2D eigenvalue weighted by Gasteiger charge is 2.22. The number of aromatic amines is 2. The Labute approximate surface area is 180 Å². The monoisotopic (exact) mass is 418 g/mol. The molecule has 0 fully saturated rings. The summed E-state index contributed by atoms with van der Waals surface area (Å²) in [5, 5.41) is 11.9. The van der Waals surface area contributed by atoms with E-state index in [2.05, 4.69) is 62.5 Å². The summed E-state index contributed by atoms with van der Waals surface area (Å²) < 4.78 is 11.5. The minimum absolute atomic E-state index is 0.0460. The van der Waals surface area contributed by atoms with E-state index in [1.54, 1.807) is 6.33 Å². The van der Waals surface area contributed by atoms with E-state index in [-0.39, 0.29) is 6.04 Å². The van der Waals surface area contributed by atoms with Crippen molar-refractivity contribution >= 4 is 16.9 Å². The van der Waals surface area contributed by atoms with Crippen LogP contribution in [-0.4, -0.2) is 38.4 Å². The summed E-state index contributed by atoms with van der Waals surface area (Å²) in [6.45, 7) is 9.54. The maximum atomic E-state index is 5.79. The van der Waals surface area contributed by atoms with Crippen LogP contribution in [0.2, 0.25) is 0 Å². The van der Waals surface area contributed by atoms with Crippen molar-refractivity contribution < 1.29 is 9.47 Å². The number of ether oxygens (including phenoxy) is 2. The zero-order valence-electron chi connectivity index (χ0n) is 18.1. The van der Waals surface area contributed by atoms with Crippen LogP contribution in [0.25, 0.3) is 22.3 Å². The van der Waals surface area contributed by atoms with Crippen LogP contribution in [0.5, 0.6) is 11.5 Å². The van der Waals surface area contributed by atoms with E-state index in [1.807, 2.05) is 19.9 Å². The molecule has 8 heteroatoms. The lowest BCUT2D eigenvalue weighted by atomic mass is 9.95. The first kappa shape index (κ1) is 19.4. The van der Waals surface area contributed by atoms with Crippen LogP contribution in [0.4, 0.5) is 5.82 Å². The van der Waals surface area contributed by atoms with Crippen LogP contribution in [0.15, 0.2) is 30.6 Å². The van der Waals surface area contributed by atoms with E-state index in [4.69, 9.17) is 9.47 Å². The predicted octanol–water partition coefficient (Wildman–Crippen LogP) is 4.55. The smallest absolute Gasteiger partial charge is 0.161 e. The molecule has 0 bridgehead atoms. The Morgan fingerprint density at radius 1 is 1.03 bits per heavy atom. The van der Waals surface area contributed by atoms with Gasteiger partial charge in [-0.1, -0.05) is 19.9 Å². The summed E-state index contributed by atoms with van der Waals surface area (Å²) in [5.41, 5.74) is 5.92. The lowest BCUT2D eigenvalue weighted by Crippen LogP contribution is -2.19. The summed E-state index contributed by atoms with van der Waals surface area (Å²) in [4.78, 5) is 12.4. The number of nitrogens with zero attached hydrogens (tertiary/aromatic N) is 3. The second-order valence-electron chi connectivity index (χ2n) is 8.25. The summed E-state index contributed by atoms with van der Waals surface area (Å²) >= 11 is 0. The third kappa shape index (κ3) is 3.48. The fourth-order valence-corrected chi connectivity index (χ4v) is 4.17. The average Bonchev–Trinajstić information content (AvgIpc) is 3.34. The average molecular weight is 419 g/mol. The Hall–Kier alpha value is -3.55. The van der Waals surface area contributed by atoms with Crippen molar-refractivity contribution in [3.05, 3.63) is 47.5 Å². The third-order valence-electron chi connectivity index (χ3n) is 5.71. The van der Waals surface area contributed by atoms with Gasteiger partial charge in [-0.25, -0.2) is 9.97 Å². The van der Waals surface area contributed by atoms with Crippen LogP contribution in [-0.2, 0) is 0 Å². The number of nitrogens with one attached hydrogen (secondary N) is 3. The van der Waals surface area contributed by atoms with Crippen LogP contribution in [0.3, 0.4) is 0 Å². The third-order valence-corrected chi connectivity index (χ3v) is 5.71. The second kappa shape index (κ2) is 7.61. The highest BCUT2D eigenvalue weighted by atomic mass is 16.6. The summed E-state index contributed by atoms with van der Waals surface area (Å²) in [5.74, 6) is 2.70. The van der Waals surface area contributed by atoms with Gasteiger partial charge in [-0.2, -0.15) is 5.10 Å². The zero-order valence-corrected chi connectivity index (χ0v) is 18.1. The maximum Gasteiger partial charge on any atom is 0.161 e. The summed E-state index contributed by atoms with van der Waals surface area (Å²) in [6, 6.07) is 8.26. The molecule has 0 radical (unpaired) electrons. The first-order valence-corrected chi connectivity index (χ1v) is 10.5. The van der Waals surface area contributed by atoms with Crippen molar-refractivity contribution in [1.82, 2.24) is 25.1 Å². The second-order valence-corrected chi connectivity index (χ2v) is 8.25. The number of fused-ring (bicyclic) bond motifs is 2. The van der Waals surface area contributed by atoms with Crippen LogP contribution in [0.1, 0.15) is 36.8 Å². The topological polar surface area (TPSA) is 101 Å². The molecule has 3 aromatic heterocycles. The van der Waals surface area contributed by atoms with Crippen molar-refractivity contribution in [2.75, 3.05) is 18.5 Å². The number of aromatic nitrogens is 5. The summed E-state index contributed by atoms with van der Waals surface area (Å²) in [6.07, 6.45) is 1.58. The number of hydrogen-bond donors (Lipinski definition) is 3. The molecule has 1 aromatic carbocycles. The number of H-pyrrole nitrogens is 2. The van der Waals surface area contributed by atoms with Gasteiger partial charge in [0.25, 0.3) is 0 Å². The molecule has 31 heavy (non-hydrogen) atoms. The van der Waals surface area contributed by atoms with Gasteiger partial charge in [0.2, 0.25) is 0 Å². The Balaban J connectivity index is 1.52. The van der Waals surface area contributed by atoms with Crippen molar-refractivity contribution in [1.29, 1.82) is 0 Å². The van der Waals surface area contributed by atoms with E-state index < -0.39 is 0 Å². The Bertz CT molecular complexity index is 1220. The van der Waals surface area contributed by atoms with Gasteiger partial charge >= 0.3 is 0 Å². The standard InChI is InChI=1S/C23H26N6O2/c1-12(2)21(15-5-6-18-19(9-15)31-8-7-30-18)27-23-16-10-17(26-22(16)24-11-25-23)20-13(3)28-29-14(20)4/h5-6,9-12,21H,7-8H2,1-4H3,(H,28,29)(H2,24,25,26,27)/t21-/m1/s1. The molecule has 0 unspecified atom stereocenters. The number of hydrogen-bond acceptors (Lipinski definition) is 6. The molecular weight excluding hydrogens is 392 g/mol. The minimum atomic E-state index is 0.0460. The van der Waals surface area contributed by atoms with Crippen LogP contribution < -0.4 is 14.8 Å². The molecule has 1 atom stereocenters. The van der Waals surface area contributed by atoms with Crippen molar-refractivity contribution in [2.24, 2.45) is 5.92 Å². The van der Waals surface area contributed by atoms with Gasteiger partial charge in [0, 0.05) is 11.3 Å². The first-order chi connectivity index (χ1) is 15.0. The summed E-state index contributed by atoms with van der Waals surface area (Å²) in [7, 11) is 0. The van der Waals surface area contributed by atoms with Crippen LogP contribution in [0, 0.1) is 19.8 Å². The Kier molecular flexibility index (Phi) is 4.77. The van der Waals surface area contributed by atoms with E-state index >= 15 is 0 Å². The molecule has 8 nitrogen and oxygen atoms in total. The molecule has 0 spiro atoms. The van der Waals surface area contributed by atoms with Crippen molar-refractivity contribution in [3.8, 4) is 22.8 Å². The molecule has 4 aromatic rings. The first-order valence-electron chi connectivity index (χ1n) is 10.5. The molecule has 4 heterocycles. The maximum absolute atomic E-state index is 5.79. The van der Waals surface area contributed by atoms with Gasteiger partial charge in [0.15, 0.2) is 11.5 Å². The number of benzene rings is 1. The van der Waals surface area contributed by atoms with E-state index in [9.17, 15) is 0 Å². The molecule has 3 N–H and O–H groups in total. The predicted molar refractivity (Wildman–Crippen MR) is 120 cm³/mol. The van der Waals surface area contributed by atoms with Gasteiger partial charge < -0.3 is 19.8 Å². The molecule has 0 amide bonds. The van der Waals surface area contributed by atoms with Crippen molar-refractivity contribution in [3.63, 3.8) is 0 Å². The van der Waals surface area contributed by atoms with Gasteiger partial charge in [0.05, 0.1) is 22.8 Å². The lowest BCUT2D eigenvalue weighted by Gasteiger charge is -2.26. The quantitative estimate of drug-likeness (QED) is 0.440. The normalized spacial score (nSPS) is 14.2. The zero-order chi connectivity index (χ0) is 21.5. The number of anilines is 1. The molecule has 1 aliphatic rings. The lowest BCUT2D eigenvalue weighted by molar-refractivity contribution is 0.171. The molecule has 0 saturated carbocycles. The SMILES string of the molecule is Cc1n[nH]c(C)c1-c1cc2c(N[C@@H](c3ccc4c(c3)OCCO4)C(C)C)ncnc2[nH]1. The molecule has 0 aliphatic carbocycles. The molecule has 0 saturated heterocycles. The van der Waals surface area contributed by atoms with Crippen LogP contribution >= 0.6 is 0 Å². The molecule has 5 rings (SSSR count). The highest BCUT2D eigenvalue weighted by molar-refractivity contribution is 5.92. The van der Waals surface area contributed by atoms with Gasteiger partial charge in [0.1, 0.15) is 31.0 Å². The van der Waals surface area contributed by atoms with Gasteiger partial charge in [-0.3, -0.25) is 5.10 Å². The minimum Gasteiger partial charge on any atom is -0.486 e. The van der Waals surface area contributed by atoms with Gasteiger partial charge in [-0.15, -0.1) is 0 Å². The van der Waals surface area contributed by atoms with E-state index in [0.29, 0.717) is 19.1 Å². The fraction of sp³-hybridized carbons (Fsp3) is 0.348. The highest BCUT2D eigenvalue weighted by Crippen LogP contribution is 2.37. The van der Waals surface area contributed by atoms with E-state index in [0.717, 1.165) is 56.6 Å². The van der Waals surface area contributed by atoms with E-state index in [1.165, 1.54) is 0 Å². The van der Waals surface area contributed by atoms with Crippen molar-refractivity contribution in [2.45, 2.75) is 33.7 Å². The number of rotatable bonds is 5. The largest absolute Gasteiger partial charge is 0.486 e. The Morgan fingerprint density at radius 3 is 2.58 bits per heavy atom. The Morgan fingerprint density at radius 2 is 1.84 bits per heavy atom. The molecule has 160 valence electrons. The fourth-order valence-electron chi connectivity index (χ4n) is 4.17. The van der Waals surface area contributed by atoms with Gasteiger partial charge in [-0.05, 0) is 43.5 Å². The number of aryl methyl sites for hydroxylation is 2. The molecular formula is C23H26N6O2. The molecule has 1 aliphatic heterocycles.